The highest BCUT2D eigenvalue weighted by Crippen LogP contribution is 2.30. The summed E-state index contributed by atoms with van der Waals surface area (Å²) in [5.41, 5.74) is 12.3. The van der Waals surface area contributed by atoms with E-state index in [4.69, 9.17) is 16.2 Å². The highest BCUT2D eigenvalue weighted by Gasteiger charge is 2.24. The van der Waals surface area contributed by atoms with Crippen molar-refractivity contribution in [2.75, 3.05) is 18.1 Å². The average Bonchev–Trinajstić information content (AvgIpc) is 2.37. The van der Waals surface area contributed by atoms with E-state index in [0.29, 0.717) is 12.4 Å². The van der Waals surface area contributed by atoms with Crippen molar-refractivity contribution in [3.8, 4) is 5.75 Å². The monoisotopic (exact) mass is 243 g/mol. The first-order chi connectivity index (χ1) is 8.72. The Morgan fingerprint density at radius 3 is 2.56 bits per heavy atom. The Kier molecular flexibility index (Phi) is 2.47. The average molecular weight is 243 g/mol. The third kappa shape index (κ3) is 1.92. The third-order valence-electron chi connectivity index (χ3n) is 2.93. The number of benzene rings is 1. The fourth-order valence-corrected chi connectivity index (χ4v) is 2.10. The van der Waals surface area contributed by atoms with E-state index in [-0.39, 0.29) is 17.8 Å². The Labute approximate surface area is 104 Å². The molecule has 0 aliphatic carbocycles. The Morgan fingerprint density at radius 1 is 1.06 bits per heavy atom. The predicted molar refractivity (Wildman–Crippen MR) is 67.0 cm³/mol. The van der Waals surface area contributed by atoms with Gasteiger partial charge in [-0.05, 0) is 18.1 Å². The van der Waals surface area contributed by atoms with Gasteiger partial charge in [-0.15, -0.1) is 0 Å². The summed E-state index contributed by atoms with van der Waals surface area (Å²) in [6, 6.07) is 7.94. The summed E-state index contributed by atoms with van der Waals surface area (Å²) in [7, 11) is 0. The number of hydrogen-bond donors (Lipinski definition) is 2. The number of rotatable bonds is 1. The van der Waals surface area contributed by atoms with Gasteiger partial charge in [0.2, 0.25) is 11.9 Å². The summed E-state index contributed by atoms with van der Waals surface area (Å²) in [6.45, 7) is 0.528. The molecule has 1 aliphatic rings. The van der Waals surface area contributed by atoms with E-state index in [1.54, 1.807) is 0 Å². The van der Waals surface area contributed by atoms with Crippen molar-refractivity contribution < 1.29 is 4.74 Å². The van der Waals surface area contributed by atoms with Gasteiger partial charge in [0.25, 0.3) is 0 Å². The van der Waals surface area contributed by atoms with Crippen LogP contribution in [0.5, 0.6) is 5.75 Å². The number of para-hydroxylation sites is 1. The maximum Gasteiger partial charge on any atom is 0.225 e. The van der Waals surface area contributed by atoms with E-state index in [0.717, 1.165) is 17.7 Å². The van der Waals surface area contributed by atoms with Gasteiger partial charge < -0.3 is 16.2 Å². The second kappa shape index (κ2) is 4.14. The molecule has 1 atom stereocenters. The van der Waals surface area contributed by atoms with Crippen molar-refractivity contribution in [3.63, 3.8) is 0 Å². The van der Waals surface area contributed by atoms with Crippen LogP contribution in [0.3, 0.4) is 0 Å². The summed E-state index contributed by atoms with van der Waals surface area (Å²) in [5.74, 6) is 1.87. The van der Waals surface area contributed by atoms with Crippen LogP contribution < -0.4 is 16.2 Å². The molecule has 3 rings (SSSR count). The van der Waals surface area contributed by atoms with Gasteiger partial charge in [0.15, 0.2) is 0 Å². The summed E-state index contributed by atoms with van der Waals surface area (Å²) in [6.07, 6.45) is 0.819. The van der Waals surface area contributed by atoms with Crippen LogP contribution in [0, 0.1) is 0 Å². The van der Waals surface area contributed by atoms with E-state index in [1.165, 1.54) is 0 Å². The normalized spacial score (nSPS) is 17.9. The van der Waals surface area contributed by atoms with E-state index in [1.807, 2.05) is 24.3 Å². The molecule has 2 heterocycles. The molecule has 0 radical (unpaired) electrons. The lowest BCUT2D eigenvalue weighted by Gasteiger charge is -2.24. The SMILES string of the molecule is Nc1nc(N)nc(C2COc3ccccc3C2)n1. The number of nitrogens with two attached hydrogens (primary N) is 2. The molecule has 1 aromatic heterocycles. The lowest BCUT2D eigenvalue weighted by molar-refractivity contribution is 0.258. The van der Waals surface area contributed by atoms with Gasteiger partial charge in [0.05, 0.1) is 12.5 Å². The standard InChI is InChI=1S/C12H13N5O/c13-11-15-10(16-12(14)17-11)8-5-7-3-1-2-4-9(7)18-6-8/h1-4,8H,5-6H2,(H4,13,14,15,16,17). The maximum atomic E-state index is 5.69. The van der Waals surface area contributed by atoms with Crippen LogP contribution in [-0.2, 0) is 6.42 Å². The molecule has 92 valence electrons. The first-order valence-electron chi connectivity index (χ1n) is 5.70. The van der Waals surface area contributed by atoms with Crippen molar-refractivity contribution in [1.29, 1.82) is 0 Å². The zero-order valence-corrected chi connectivity index (χ0v) is 9.71. The highest BCUT2D eigenvalue weighted by atomic mass is 16.5. The molecule has 0 saturated heterocycles. The van der Waals surface area contributed by atoms with Crippen molar-refractivity contribution in [2.45, 2.75) is 12.3 Å². The van der Waals surface area contributed by atoms with E-state index >= 15 is 0 Å². The molecule has 0 bridgehead atoms. The van der Waals surface area contributed by atoms with Crippen LogP contribution in [-0.4, -0.2) is 21.6 Å². The molecule has 4 N–H and O–H groups in total. The van der Waals surface area contributed by atoms with Crippen molar-refractivity contribution in [1.82, 2.24) is 15.0 Å². The lowest BCUT2D eigenvalue weighted by atomic mass is 9.96. The summed E-state index contributed by atoms with van der Waals surface area (Å²) < 4.78 is 5.69. The van der Waals surface area contributed by atoms with Gasteiger partial charge >= 0.3 is 0 Å². The molecular weight excluding hydrogens is 230 g/mol. The number of ether oxygens (including phenoxy) is 1. The second-order valence-electron chi connectivity index (χ2n) is 4.23. The van der Waals surface area contributed by atoms with Crippen LogP contribution in [0.2, 0.25) is 0 Å². The Balaban J connectivity index is 1.91. The largest absolute Gasteiger partial charge is 0.493 e. The Bertz CT molecular complexity index is 566. The minimum Gasteiger partial charge on any atom is -0.493 e. The van der Waals surface area contributed by atoms with Gasteiger partial charge in [0, 0.05) is 0 Å². The molecule has 2 aromatic rings. The van der Waals surface area contributed by atoms with Crippen LogP contribution in [0.25, 0.3) is 0 Å². The first kappa shape index (κ1) is 10.8. The lowest BCUT2D eigenvalue weighted by Crippen LogP contribution is -2.22. The first-order valence-corrected chi connectivity index (χ1v) is 5.70. The Hall–Kier alpha value is -2.37. The zero-order valence-electron chi connectivity index (χ0n) is 9.71. The van der Waals surface area contributed by atoms with E-state index in [9.17, 15) is 0 Å². The predicted octanol–water partition coefficient (Wildman–Crippen LogP) is 0.755. The van der Waals surface area contributed by atoms with E-state index < -0.39 is 0 Å². The smallest absolute Gasteiger partial charge is 0.225 e. The number of nitrogens with zero attached hydrogens (tertiary/aromatic N) is 3. The zero-order chi connectivity index (χ0) is 12.5. The molecule has 18 heavy (non-hydrogen) atoms. The fourth-order valence-electron chi connectivity index (χ4n) is 2.10. The molecule has 6 heteroatoms. The second-order valence-corrected chi connectivity index (χ2v) is 4.23. The molecule has 1 aliphatic heterocycles. The fraction of sp³-hybridized carbons (Fsp3) is 0.250. The molecule has 0 spiro atoms. The van der Waals surface area contributed by atoms with Crippen LogP contribution >= 0.6 is 0 Å². The quantitative estimate of drug-likeness (QED) is 0.766. The number of fused-ring (bicyclic) bond motifs is 1. The van der Waals surface area contributed by atoms with E-state index in [2.05, 4.69) is 15.0 Å². The van der Waals surface area contributed by atoms with Crippen LogP contribution in [0.4, 0.5) is 11.9 Å². The molecule has 6 nitrogen and oxygen atoms in total. The van der Waals surface area contributed by atoms with Gasteiger partial charge in [-0.25, -0.2) is 0 Å². The Morgan fingerprint density at radius 2 is 1.78 bits per heavy atom. The molecular formula is C12H13N5O. The van der Waals surface area contributed by atoms with Crippen LogP contribution in [0.1, 0.15) is 17.3 Å². The molecule has 1 aromatic carbocycles. The number of anilines is 2. The molecule has 1 unspecified atom stereocenters. The van der Waals surface area contributed by atoms with Crippen molar-refractivity contribution in [2.24, 2.45) is 0 Å². The summed E-state index contributed by atoms with van der Waals surface area (Å²) in [5, 5.41) is 0. The summed E-state index contributed by atoms with van der Waals surface area (Å²) in [4.78, 5) is 12.0. The molecule has 0 fully saturated rings. The third-order valence-corrected chi connectivity index (χ3v) is 2.93. The minimum absolute atomic E-state index is 0.0625. The molecule has 0 saturated carbocycles. The number of hydrogen-bond acceptors (Lipinski definition) is 6. The number of aromatic nitrogens is 3. The van der Waals surface area contributed by atoms with Gasteiger partial charge in [0.1, 0.15) is 11.6 Å². The number of nitrogen functional groups attached to an aromatic ring is 2. The van der Waals surface area contributed by atoms with Crippen molar-refractivity contribution in [3.05, 3.63) is 35.7 Å². The molecule has 0 amide bonds. The summed E-state index contributed by atoms with van der Waals surface area (Å²) >= 11 is 0. The van der Waals surface area contributed by atoms with Gasteiger partial charge in [-0.3, -0.25) is 0 Å². The van der Waals surface area contributed by atoms with Gasteiger partial charge in [-0.1, -0.05) is 18.2 Å². The topological polar surface area (TPSA) is 99.9 Å². The highest BCUT2D eigenvalue weighted by molar-refractivity contribution is 5.37. The van der Waals surface area contributed by atoms with Crippen LogP contribution in [0.15, 0.2) is 24.3 Å². The van der Waals surface area contributed by atoms with Crippen molar-refractivity contribution >= 4 is 11.9 Å². The maximum absolute atomic E-state index is 5.69. The minimum atomic E-state index is 0.0625. The van der Waals surface area contributed by atoms with Gasteiger partial charge in [-0.2, -0.15) is 15.0 Å².